The van der Waals surface area contributed by atoms with Crippen molar-refractivity contribution in [1.82, 2.24) is 4.90 Å². The molecule has 0 fully saturated rings. The molecule has 24 heavy (non-hydrogen) atoms. The summed E-state index contributed by atoms with van der Waals surface area (Å²) in [5, 5.41) is 9.81. The van der Waals surface area contributed by atoms with Gasteiger partial charge in [-0.05, 0) is 32.8 Å². The van der Waals surface area contributed by atoms with Crippen LogP contribution in [0.4, 0.5) is 4.79 Å². The highest BCUT2D eigenvalue weighted by Gasteiger charge is 2.26. The van der Waals surface area contributed by atoms with Crippen molar-refractivity contribution >= 4 is 11.9 Å². The third kappa shape index (κ3) is 5.11. The van der Waals surface area contributed by atoms with E-state index < -0.39 is 11.7 Å². The van der Waals surface area contributed by atoms with Crippen LogP contribution >= 0.6 is 0 Å². The second-order valence-electron chi connectivity index (χ2n) is 6.99. The molecule has 0 aliphatic heterocycles. The van der Waals surface area contributed by atoms with E-state index in [-0.39, 0.29) is 11.5 Å². The van der Waals surface area contributed by atoms with Crippen LogP contribution in [-0.2, 0) is 16.1 Å². The maximum absolute atomic E-state index is 12.5. The molecule has 1 aliphatic rings. The Morgan fingerprint density at radius 2 is 1.88 bits per heavy atom. The molecule has 0 radical (unpaired) electrons. The highest BCUT2D eigenvalue weighted by molar-refractivity contribution is 5.98. The van der Waals surface area contributed by atoms with Gasteiger partial charge in [-0.15, -0.1) is 0 Å². The first-order valence-electron chi connectivity index (χ1n) is 8.22. The molecule has 0 saturated carbocycles. The van der Waals surface area contributed by atoms with Crippen LogP contribution in [0.2, 0.25) is 0 Å². The Labute approximate surface area is 142 Å². The summed E-state index contributed by atoms with van der Waals surface area (Å²) >= 11 is 0. The van der Waals surface area contributed by atoms with E-state index in [4.69, 9.17) is 4.74 Å². The number of hydrogen-bond donors (Lipinski definition) is 1. The first-order chi connectivity index (χ1) is 11.3. The monoisotopic (exact) mass is 331 g/mol. The normalized spacial score (nSPS) is 14.9. The number of nitrogens with zero attached hydrogens (tertiary/aromatic N) is 1. The fraction of sp³-hybridized carbons (Fsp3) is 0.474. The molecule has 0 heterocycles. The number of aliphatic hydroxyl groups is 1. The van der Waals surface area contributed by atoms with Crippen LogP contribution in [0.1, 0.15) is 45.6 Å². The van der Waals surface area contributed by atoms with Crippen molar-refractivity contribution in [3.05, 3.63) is 47.2 Å². The Morgan fingerprint density at radius 1 is 1.21 bits per heavy atom. The highest BCUT2D eigenvalue weighted by atomic mass is 16.6. The second kappa shape index (κ2) is 7.51. The number of carbonyl (C=O) groups is 2. The van der Waals surface area contributed by atoms with Gasteiger partial charge < -0.3 is 14.7 Å². The zero-order valence-corrected chi connectivity index (χ0v) is 14.5. The van der Waals surface area contributed by atoms with Crippen LogP contribution in [0, 0.1) is 0 Å². The summed E-state index contributed by atoms with van der Waals surface area (Å²) in [7, 11) is 0. The van der Waals surface area contributed by atoms with E-state index in [2.05, 4.69) is 0 Å². The number of rotatable bonds is 5. The molecule has 0 aromatic heterocycles. The van der Waals surface area contributed by atoms with E-state index >= 15 is 0 Å². The lowest BCUT2D eigenvalue weighted by molar-refractivity contribution is -0.115. The SMILES string of the molecule is CC(C)(C)OC(=O)N(CCC1=C(O)CCC1=O)Cc1ccccc1. The molecule has 5 heteroatoms. The van der Waals surface area contributed by atoms with E-state index in [1.807, 2.05) is 51.1 Å². The summed E-state index contributed by atoms with van der Waals surface area (Å²) in [6, 6.07) is 9.62. The summed E-state index contributed by atoms with van der Waals surface area (Å²) in [4.78, 5) is 25.8. The van der Waals surface area contributed by atoms with E-state index in [1.165, 1.54) is 0 Å². The molecule has 2 rings (SSSR count). The van der Waals surface area contributed by atoms with Gasteiger partial charge in [0.2, 0.25) is 0 Å². The fourth-order valence-electron chi connectivity index (χ4n) is 2.59. The summed E-state index contributed by atoms with van der Waals surface area (Å²) < 4.78 is 5.46. The van der Waals surface area contributed by atoms with Gasteiger partial charge in [0.25, 0.3) is 0 Å². The molecule has 130 valence electrons. The molecule has 1 aromatic carbocycles. The van der Waals surface area contributed by atoms with Crippen molar-refractivity contribution in [3.8, 4) is 0 Å². The van der Waals surface area contributed by atoms with Gasteiger partial charge in [-0.2, -0.15) is 0 Å². The van der Waals surface area contributed by atoms with Crippen molar-refractivity contribution in [3.63, 3.8) is 0 Å². The molecular weight excluding hydrogens is 306 g/mol. The minimum atomic E-state index is -0.587. The number of aliphatic hydroxyl groups excluding tert-OH is 1. The molecule has 0 atom stereocenters. The number of carbonyl (C=O) groups excluding carboxylic acids is 2. The van der Waals surface area contributed by atoms with Crippen LogP contribution in [0.3, 0.4) is 0 Å². The van der Waals surface area contributed by atoms with Gasteiger partial charge in [0.05, 0.1) is 5.76 Å². The van der Waals surface area contributed by atoms with Gasteiger partial charge in [-0.1, -0.05) is 30.3 Å². The van der Waals surface area contributed by atoms with Crippen molar-refractivity contribution in [1.29, 1.82) is 0 Å². The predicted octanol–water partition coefficient (Wildman–Crippen LogP) is 3.99. The number of Topliss-reactive ketones (excluding diaryl/α,β-unsaturated/α-hetero) is 1. The molecule has 1 N–H and O–H groups in total. The molecule has 1 aliphatic carbocycles. The molecule has 0 spiro atoms. The van der Waals surface area contributed by atoms with Gasteiger partial charge >= 0.3 is 6.09 Å². The van der Waals surface area contributed by atoms with Crippen molar-refractivity contribution in [2.24, 2.45) is 0 Å². The Hall–Kier alpha value is -2.30. The summed E-state index contributed by atoms with van der Waals surface area (Å²) in [6.45, 7) is 6.19. The standard InChI is InChI=1S/C19H25NO4/c1-19(2,3)24-18(23)20(13-14-7-5-4-6-8-14)12-11-15-16(21)9-10-17(15)22/h4-8,21H,9-13H2,1-3H3. The zero-order chi connectivity index (χ0) is 17.7. The van der Waals surface area contributed by atoms with E-state index in [0.717, 1.165) is 5.56 Å². The lowest BCUT2D eigenvalue weighted by atomic mass is 10.1. The first-order valence-corrected chi connectivity index (χ1v) is 8.22. The third-order valence-corrected chi connectivity index (χ3v) is 3.77. The van der Waals surface area contributed by atoms with Crippen LogP contribution in [-0.4, -0.2) is 34.0 Å². The van der Waals surface area contributed by atoms with Crippen LogP contribution < -0.4 is 0 Å². The zero-order valence-electron chi connectivity index (χ0n) is 14.5. The van der Waals surface area contributed by atoms with Gasteiger partial charge in [0.1, 0.15) is 5.60 Å². The Kier molecular flexibility index (Phi) is 5.65. The molecule has 0 bridgehead atoms. The molecule has 0 saturated heterocycles. The number of amides is 1. The minimum absolute atomic E-state index is 0.0312. The largest absolute Gasteiger partial charge is 0.512 e. The van der Waals surface area contributed by atoms with E-state index in [0.29, 0.717) is 37.9 Å². The van der Waals surface area contributed by atoms with Gasteiger partial charge in [-0.3, -0.25) is 4.79 Å². The summed E-state index contributed by atoms with van der Waals surface area (Å²) in [5.74, 6) is 0.125. The van der Waals surface area contributed by atoms with E-state index in [1.54, 1.807) is 4.90 Å². The van der Waals surface area contributed by atoms with Crippen molar-refractivity contribution < 1.29 is 19.4 Å². The van der Waals surface area contributed by atoms with Crippen LogP contribution in [0.15, 0.2) is 41.7 Å². The smallest absolute Gasteiger partial charge is 0.410 e. The lowest BCUT2D eigenvalue weighted by Crippen LogP contribution is -2.37. The Bertz CT molecular complexity index is 629. The number of benzene rings is 1. The molecular formula is C19H25NO4. The van der Waals surface area contributed by atoms with Gasteiger partial charge in [0, 0.05) is 31.5 Å². The average Bonchev–Trinajstić information content (AvgIpc) is 2.82. The topological polar surface area (TPSA) is 66.8 Å². The second-order valence-corrected chi connectivity index (χ2v) is 6.99. The molecule has 1 amide bonds. The number of allylic oxidation sites excluding steroid dienone is 1. The number of ketones is 1. The molecule has 5 nitrogen and oxygen atoms in total. The summed E-state index contributed by atoms with van der Waals surface area (Å²) in [6.07, 6.45) is 0.680. The van der Waals surface area contributed by atoms with Crippen molar-refractivity contribution in [2.75, 3.05) is 6.54 Å². The third-order valence-electron chi connectivity index (χ3n) is 3.77. The Morgan fingerprint density at radius 3 is 2.42 bits per heavy atom. The Balaban J connectivity index is 2.08. The number of ether oxygens (including phenoxy) is 1. The first kappa shape index (κ1) is 18.0. The van der Waals surface area contributed by atoms with Crippen LogP contribution in [0.25, 0.3) is 0 Å². The van der Waals surface area contributed by atoms with Gasteiger partial charge in [0.15, 0.2) is 5.78 Å². The van der Waals surface area contributed by atoms with Crippen molar-refractivity contribution in [2.45, 2.75) is 52.2 Å². The minimum Gasteiger partial charge on any atom is -0.512 e. The fourth-order valence-corrected chi connectivity index (χ4v) is 2.59. The quantitative estimate of drug-likeness (QED) is 0.886. The molecule has 1 aromatic rings. The maximum Gasteiger partial charge on any atom is 0.410 e. The number of hydrogen-bond acceptors (Lipinski definition) is 4. The van der Waals surface area contributed by atoms with E-state index in [9.17, 15) is 14.7 Å². The van der Waals surface area contributed by atoms with Crippen LogP contribution in [0.5, 0.6) is 0 Å². The average molecular weight is 331 g/mol. The van der Waals surface area contributed by atoms with Gasteiger partial charge in [-0.25, -0.2) is 4.79 Å². The maximum atomic E-state index is 12.5. The summed E-state index contributed by atoms with van der Waals surface area (Å²) in [5.41, 5.74) is 0.840. The lowest BCUT2D eigenvalue weighted by Gasteiger charge is -2.27. The predicted molar refractivity (Wildman–Crippen MR) is 91.6 cm³/mol. The highest BCUT2D eigenvalue weighted by Crippen LogP contribution is 2.24. The molecule has 0 unspecified atom stereocenters.